The minimum atomic E-state index is 0.207. The minimum Gasteiger partial charge on any atom is -0.497 e. The van der Waals surface area contributed by atoms with E-state index in [1.807, 2.05) is 12.1 Å². The van der Waals surface area contributed by atoms with Crippen LogP contribution in [-0.4, -0.2) is 37.3 Å². The second-order valence-electron chi connectivity index (χ2n) is 5.69. The Morgan fingerprint density at radius 2 is 1.62 bits per heavy atom. The van der Waals surface area contributed by atoms with Gasteiger partial charge < -0.3 is 9.47 Å². The zero-order valence-corrected chi connectivity index (χ0v) is 13.1. The predicted molar refractivity (Wildman–Crippen MR) is 82.7 cm³/mol. The Morgan fingerprint density at radius 3 is 2.19 bits per heavy atom. The third-order valence-electron chi connectivity index (χ3n) is 4.48. The van der Waals surface area contributed by atoms with E-state index in [0.717, 1.165) is 24.6 Å². The molecule has 2 aliphatic heterocycles. The van der Waals surface area contributed by atoms with Crippen LogP contribution in [0, 0.1) is 0 Å². The number of nitrogens with zero attached hydrogens (tertiary/aromatic N) is 2. The lowest BCUT2D eigenvalue weighted by molar-refractivity contribution is -0.0829. The fourth-order valence-electron chi connectivity index (χ4n) is 3.36. The van der Waals surface area contributed by atoms with Gasteiger partial charge in [0, 0.05) is 13.1 Å². The maximum atomic E-state index is 5.62. The fraction of sp³-hybridized carbons (Fsp3) is 0.529. The lowest BCUT2D eigenvalue weighted by Crippen LogP contribution is -2.52. The average Bonchev–Trinajstić information content (AvgIpc) is 2.54. The summed E-state index contributed by atoms with van der Waals surface area (Å²) >= 11 is 0. The number of hydrogen-bond acceptors (Lipinski definition) is 4. The molecule has 0 aromatic heterocycles. The minimum absolute atomic E-state index is 0.207. The Morgan fingerprint density at radius 1 is 0.952 bits per heavy atom. The number of hydrogen-bond donors (Lipinski definition) is 0. The van der Waals surface area contributed by atoms with Gasteiger partial charge in [-0.3, -0.25) is 5.01 Å². The third-order valence-corrected chi connectivity index (χ3v) is 4.48. The first-order valence-corrected chi connectivity index (χ1v) is 7.69. The largest absolute Gasteiger partial charge is 0.497 e. The van der Waals surface area contributed by atoms with Gasteiger partial charge in [-0.25, -0.2) is 5.01 Å². The van der Waals surface area contributed by atoms with Crippen LogP contribution in [0.5, 0.6) is 5.75 Å². The molecule has 2 heterocycles. The van der Waals surface area contributed by atoms with E-state index in [0.29, 0.717) is 0 Å². The Hall–Kier alpha value is -1.68. The molecule has 0 bridgehead atoms. The zero-order chi connectivity index (χ0) is 14.8. The van der Waals surface area contributed by atoms with Crippen molar-refractivity contribution in [3.63, 3.8) is 0 Å². The van der Waals surface area contributed by atoms with Gasteiger partial charge in [0.1, 0.15) is 17.6 Å². The van der Waals surface area contributed by atoms with Crippen LogP contribution in [0.1, 0.15) is 37.8 Å². The number of hydrazine groups is 1. The standard InChI is InChI=1S/C17H24N2O2/c1-13-17(21-3)16(14-7-9-15(20-2)10-8-14)19(13)18-11-5-4-6-12-18/h7-10,16H,4-6,11-12H2,1-3H3. The molecule has 0 radical (unpaired) electrons. The summed E-state index contributed by atoms with van der Waals surface area (Å²) in [5, 5.41) is 4.87. The quantitative estimate of drug-likeness (QED) is 0.848. The predicted octanol–water partition coefficient (Wildman–Crippen LogP) is 3.33. The molecule has 1 unspecified atom stereocenters. The van der Waals surface area contributed by atoms with E-state index in [1.165, 1.54) is 30.5 Å². The Bertz CT molecular complexity index is 518. The number of piperidine rings is 1. The van der Waals surface area contributed by atoms with E-state index in [1.54, 1.807) is 14.2 Å². The van der Waals surface area contributed by atoms with Crippen molar-refractivity contribution in [3.05, 3.63) is 41.3 Å². The van der Waals surface area contributed by atoms with Gasteiger partial charge in [-0.05, 0) is 37.5 Å². The van der Waals surface area contributed by atoms with Crippen LogP contribution in [-0.2, 0) is 4.74 Å². The molecule has 21 heavy (non-hydrogen) atoms. The summed E-state index contributed by atoms with van der Waals surface area (Å²) in [5.74, 6) is 1.97. The molecular formula is C17H24N2O2. The van der Waals surface area contributed by atoms with Crippen LogP contribution < -0.4 is 4.74 Å². The van der Waals surface area contributed by atoms with Crippen LogP contribution in [0.2, 0.25) is 0 Å². The van der Waals surface area contributed by atoms with Crippen LogP contribution >= 0.6 is 0 Å². The molecule has 0 amide bonds. The van der Waals surface area contributed by atoms with Crippen LogP contribution in [0.15, 0.2) is 35.7 Å². The number of benzene rings is 1. The average molecular weight is 288 g/mol. The molecule has 1 fully saturated rings. The lowest BCUT2D eigenvalue weighted by atomic mass is 9.96. The first-order chi connectivity index (χ1) is 10.3. The molecule has 0 N–H and O–H groups in total. The van der Waals surface area contributed by atoms with Crippen molar-refractivity contribution in [2.45, 2.75) is 32.2 Å². The normalized spacial score (nSPS) is 23.0. The molecule has 4 nitrogen and oxygen atoms in total. The van der Waals surface area contributed by atoms with Crippen molar-refractivity contribution in [1.29, 1.82) is 0 Å². The summed E-state index contributed by atoms with van der Waals surface area (Å²) in [5.41, 5.74) is 2.49. The summed E-state index contributed by atoms with van der Waals surface area (Å²) in [7, 11) is 3.46. The number of methoxy groups -OCH3 is 2. The molecule has 3 rings (SSSR count). The highest BCUT2D eigenvalue weighted by molar-refractivity contribution is 5.38. The number of ether oxygens (including phenoxy) is 2. The molecule has 0 saturated carbocycles. The summed E-state index contributed by atoms with van der Waals surface area (Å²) in [4.78, 5) is 0. The van der Waals surface area contributed by atoms with Gasteiger partial charge in [-0.2, -0.15) is 0 Å². The summed E-state index contributed by atoms with van der Waals surface area (Å²) in [6.45, 7) is 4.43. The van der Waals surface area contributed by atoms with Crippen LogP contribution in [0.25, 0.3) is 0 Å². The molecule has 0 aliphatic carbocycles. The Balaban J connectivity index is 1.86. The molecule has 1 aromatic rings. The second-order valence-corrected chi connectivity index (χ2v) is 5.69. The van der Waals surface area contributed by atoms with E-state index in [-0.39, 0.29) is 6.04 Å². The van der Waals surface area contributed by atoms with Crippen molar-refractivity contribution in [2.24, 2.45) is 0 Å². The number of allylic oxidation sites excluding steroid dienone is 1. The smallest absolute Gasteiger partial charge is 0.144 e. The lowest BCUT2D eigenvalue weighted by Gasteiger charge is -2.51. The SMILES string of the molecule is COC1=C(C)N(N2CCCCC2)C1c1ccc(OC)cc1. The first kappa shape index (κ1) is 14.3. The summed E-state index contributed by atoms with van der Waals surface area (Å²) < 4.78 is 10.9. The summed E-state index contributed by atoms with van der Waals surface area (Å²) in [6.07, 6.45) is 3.90. The third kappa shape index (κ3) is 2.48. The molecular weight excluding hydrogens is 264 g/mol. The first-order valence-electron chi connectivity index (χ1n) is 7.69. The van der Waals surface area contributed by atoms with Gasteiger partial charge in [0.2, 0.25) is 0 Å². The molecule has 1 saturated heterocycles. The van der Waals surface area contributed by atoms with E-state index in [4.69, 9.17) is 9.47 Å². The maximum absolute atomic E-state index is 5.62. The van der Waals surface area contributed by atoms with E-state index in [2.05, 4.69) is 29.1 Å². The number of rotatable bonds is 4. The highest BCUT2D eigenvalue weighted by Gasteiger charge is 2.41. The molecule has 114 valence electrons. The van der Waals surface area contributed by atoms with Crippen molar-refractivity contribution >= 4 is 0 Å². The fourth-order valence-corrected chi connectivity index (χ4v) is 3.36. The van der Waals surface area contributed by atoms with Crippen LogP contribution in [0.3, 0.4) is 0 Å². The van der Waals surface area contributed by atoms with Gasteiger partial charge in [-0.1, -0.05) is 18.6 Å². The Kier molecular flexibility index (Phi) is 4.06. The van der Waals surface area contributed by atoms with Gasteiger partial charge in [0.25, 0.3) is 0 Å². The zero-order valence-electron chi connectivity index (χ0n) is 13.1. The maximum Gasteiger partial charge on any atom is 0.144 e. The van der Waals surface area contributed by atoms with Gasteiger partial charge in [0.15, 0.2) is 0 Å². The topological polar surface area (TPSA) is 24.9 Å². The highest BCUT2D eigenvalue weighted by atomic mass is 16.5. The van der Waals surface area contributed by atoms with Gasteiger partial charge >= 0.3 is 0 Å². The molecule has 1 aromatic carbocycles. The van der Waals surface area contributed by atoms with Gasteiger partial charge in [-0.15, -0.1) is 0 Å². The van der Waals surface area contributed by atoms with E-state index < -0.39 is 0 Å². The van der Waals surface area contributed by atoms with Crippen molar-refractivity contribution < 1.29 is 9.47 Å². The van der Waals surface area contributed by atoms with Crippen molar-refractivity contribution in [2.75, 3.05) is 27.3 Å². The molecule has 4 heteroatoms. The van der Waals surface area contributed by atoms with E-state index in [9.17, 15) is 0 Å². The highest BCUT2D eigenvalue weighted by Crippen LogP contribution is 2.44. The van der Waals surface area contributed by atoms with Crippen LogP contribution in [0.4, 0.5) is 0 Å². The molecule has 2 aliphatic rings. The Labute approximate surface area is 126 Å². The van der Waals surface area contributed by atoms with Crippen molar-refractivity contribution in [3.8, 4) is 5.75 Å². The van der Waals surface area contributed by atoms with Gasteiger partial charge in [0.05, 0.1) is 19.9 Å². The molecule has 1 atom stereocenters. The van der Waals surface area contributed by atoms with E-state index >= 15 is 0 Å². The second kappa shape index (κ2) is 5.98. The van der Waals surface area contributed by atoms with Crippen molar-refractivity contribution in [1.82, 2.24) is 10.0 Å². The summed E-state index contributed by atoms with van der Waals surface area (Å²) in [6, 6.07) is 8.51. The monoisotopic (exact) mass is 288 g/mol. The molecule has 0 spiro atoms.